The number of carbonyl (C=O) groups excluding carboxylic acids is 1. The van der Waals surface area contributed by atoms with Crippen LogP contribution in [0.25, 0.3) is 0 Å². The first-order valence-corrected chi connectivity index (χ1v) is 7.16. The maximum absolute atomic E-state index is 12.1. The van der Waals surface area contributed by atoms with Crippen LogP contribution in [-0.4, -0.2) is 53.3 Å². The van der Waals surface area contributed by atoms with Crippen molar-refractivity contribution < 1.29 is 19.4 Å². The number of carboxylic acids is 1. The highest BCUT2D eigenvalue weighted by atomic mass is 32.1. The molecule has 8 heteroatoms. The summed E-state index contributed by atoms with van der Waals surface area (Å²) < 4.78 is 5.21. The van der Waals surface area contributed by atoms with Gasteiger partial charge in [-0.25, -0.2) is 14.6 Å². The number of nitrogens with zero attached hydrogens (tertiary/aromatic N) is 2. The predicted molar refractivity (Wildman–Crippen MR) is 73.0 cm³/mol. The zero-order chi connectivity index (χ0) is 14.7. The van der Waals surface area contributed by atoms with Gasteiger partial charge >= 0.3 is 12.0 Å². The molecule has 2 unspecified atom stereocenters. The third-order valence-corrected chi connectivity index (χ3v) is 4.24. The van der Waals surface area contributed by atoms with Crippen molar-refractivity contribution in [2.24, 2.45) is 0 Å². The minimum atomic E-state index is -1.06. The average Bonchev–Trinajstić information content (AvgIpc) is 3.07. The Balaban J connectivity index is 1.92. The lowest BCUT2D eigenvalue weighted by molar-refractivity contribution is 0.0691. The molecule has 2 rings (SSSR count). The van der Waals surface area contributed by atoms with Gasteiger partial charge in [-0.1, -0.05) is 0 Å². The molecule has 2 atom stereocenters. The molecule has 1 aromatic heterocycles. The largest absolute Gasteiger partial charge is 0.476 e. The van der Waals surface area contributed by atoms with Crippen LogP contribution in [0.3, 0.4) is 0 Å². The second kappa shape index (κ2) is 6.19. The summed E-state index contributed by atoms with van der Waals surface area (Å²) in [7, 11) is 1.64. The maximum Gasteiger partial charge on any atom is 0.355 e. The van der Waals surface area contributed by atoms with Gasteiger partial charge in [-0.3, -0.25) is 0 Å². The molecule has 2 amide bonds. The zero-order valence-electron chi connectivity index (χ0n) is 11.3. The van der Waals surface area contributed by atoms with Crippen molar-refractivity contribution >= 4 is 23.3 Å². The number of carbonyl (C=O) groups is 2. The van der Waals surface area contributed by atoms with Gasteiger partial charge in [-0.2, -0.15) is 0 Å². The van der Waals surface area contributed by atoms with Crippen molar-refractivity contribution in [3.63, 3.8) is 0 Å². The average molecular weight is 299 g/mol. The number of carboxylic acid groups (broad SMARTS) is 1. The van der Waals surface area contributed by atoms with Gasteiger partial charge in [0, 0.05) is 25.6 Å². The van der Waals surface area contributed by atoms with Gasteiger partial charge in [0.2, 0.25) is 0 Å². The van der Waals surface area contributed by atoms with Crippen molar-refractivity contribution in [1.82, 2.24) is 15.2 Å². The van der Waals surface area contributed by atoms with Crippen LogP contribution in [-0.2, 0) is 4.74 Å². The summed E-state index contributed by atoms with van der Waals surface area (Å²) in [6, 6.07) is -0.494. The SMILES string of the molecule is COC1CCN(C(=O)NC(C)c2nc(C(=O)O)cs2)C1. The Kier molecular flexibility index (Phi) is 4.56. The normalized spacial score (nSPS) is 19.9. The topological polar surface area (TPSA) is 91.8 Å². The molecule has 110 valence electrons. The molecular weight excluding hydrogens is 282 g/mol. The molecule has 0 aromatic carbocycles. The number of hydrogen-bond acceptors (Lipinski definition) is 5. The van der Waals surface area contributed by atoms with E-state index in [9.17, 15) is 9.59 Å². The summed E-state index contributed by atoms with van der Waals surface area (Å²) in [6.45, 7) is 3.02. The van der Waals surface area contributed by atoms with Crippen molar-refractivity contribution in [3.8, 4) is 0 Å². The van der Waals surface area contributed by atoms with E-state index in [0.717, 1.165) is 6.42 Å². The van der Waals surface area contributed by atoms with Gasteiger partial charge in [0.1, 0.15) is 5.01 Å². The second-order valence-corrected chi connectivity index (χ2v) is 5.53. The summed E-state index contributed by atoms with van der Waals surface area (Å²) in [4.78, 5) is 28.5. The number of rotatable bonds is 4. The van der Waals surface area contributed by atoms with Crippen LogP contribution in [0.4, 0.5) is 4.79 Å². The smallest absolute Gasteiger partial charge is 0.355 e. The van der Waals surface area contributed by atoms with Crippen molar-refractivity contribution in [2.75, 3.05) is 20.2 Å². The number of likely N-dealkylation sites (tertiary alicyclic amines) is 1. The van der Waals surface area contributed by atoms with Crippen LogP contribution >= 0.6 is 11.3 Å². The molecular formula is C12H17N3O4S. The van der Waals surface area contributed by atoms with E-state index in [2.05, 4.69) is 10.3 Å². The Morgan fingerprint density at radius 2 is 2.40 bits per heavy atom. The molecule has 20 heavy (non-hydrogen) atoms. The number of methoxy groups -OCH3 is 1. The lowest BCUT2D eigenvalue weighted by Gasteiger charge is -2.19. The van der Waals surface area contributed by atoms with E-state index in [0.29, 0.717) is 18.1 Å². The van der Waals surface area contributed by atoms with E-state index in [1.165, 1.54) is 16.7 Å². The van der Waals surface area contributed by atoms with Crippen LogP contribution in [0.2, 0.25) is 0 Å². The van der Waals surface area contributed by atoms with Crippen LogP contribution in [0, 0.1) is 0 Å². The highest BCUT2D eigenvalue weighted by Gasteiger charge is 2.27. The molecule has 7 nitrogen and oxygen atoms in total. The second-order valence-electron chi connectivity index (χ2n) is 4.64. The van der Waals surface area contributed by atoms with Gasteiger partial charge in [0.15, 0.2) is 5.69 Å². The van der Waals surface area contributed by atoms with E-state index in [1.54, 1.807) is 18.9 Å². The Morgan fingerprint density at radius 1 is 1.65 bits per heavy atom. The van der Waals surface area contributed by atoms with Crippen molar-refractivity contribution in [3.05, 3.63) is 16.1 Å². The molecule has 1 fully saturated rings. The quantitative estimate of drug-likeness (QED) is 0.875. The summed E-state index contributed by atoms with van der Waals surface area (Å²) in [5, 5.41) is 13.7. The maximum atomic E-state index is 12.1. The van der Waals surface area contributed by atoms with Gasteiger partial charge in [0.25, 0.3) is 0 Å². The molecule has 1 saturated heterocycles. The summed E-state index contributed by atoms with van der Waals surface area (Å²) >= 11 is 1.23. The van der Waals surface area contributed by atoms with Gasteiger partial charge in [-0.05, 0) is 13.3 Å². The minimum absolute atomic E-state index is 0.00622. The Labute approximate surface area is 120 Å². The van der Waals surface area contributed by atoms with Crippen molar-refractivity contribution in [2.45, 2.75) is 25.5 Å². The molecule has 0 spiro atoms. The number of aromatic carboxylic acids is 1. The first kappa shape index (κ1) is 14.7. The van der Waals surface area contributed by atoms with E-state index < -0.39 is 5.97 Å². The fraction of sp³-hybridized carbons (Fsp3) is 0.583. The first-order chi connectivity index (χ1) is 9.51. The molecule has 2 heterocycles. The molecule has 1 aliphatic heterocycles. The third kappa shape index (κ3) is 3.26. The van der Waals surface area contributed by atoms with Crippen LogP contribution in [0.1, 0.15) is 34.9 Å². The number of thiazole rings is 1. The van der Waals surface area contributed by atoms with E-state index in [-0.39, 0.29) is 23.9 Å². The molecule has 0 bridgehead atoms. The van der Waals surface area contributed by atoms with Crippen LogP contribution in [0.15, 0.2) is 5.38 Å². The minimum Gasteiger partial charge on any atom is -0.476 e. The predicted octanol–water partition coefficient (Wildman–Crippen LogP) is 1.33. The summed E-state index contributed by atoms with van der Waals surface area (Å²) in [6.07, 6.45) is 0.924. The fourth-order valence-corrected chi connectivity index (χ4v) is 2.83. The van der Waals surface area contributed by atoms with Crippen LogP contribution < -0.4 is 5.32 Å². The number of hydrogen-bond donors (Lipinski definition) is 2. The lowest BCUT2D eigenvalue weighted by Crippen LogP contribution is -2.40. The number of ether oxygens (including phenoxy) is 1. The van der Waals surface area contributed by atoms with Gasteiger partial charge < -0.3 is 20.1 Å². The van der Waals surface area contributed by atoms with Gasteiger partial charge in [0.05, 0.1) is 12.1 Å². The summed E-state index contributed by atoms with van der Waals surface area (Å²) in [5.74, 6) is -1.06. The number of urea groups is 1. The third-order valence-electron chi connectivity index (χ3n) is 3.22. The van der Waals surface area contributed by atoms with E-state index in [1.807, 2.05) is 0 Å². The molecule has 0 saturated carbocycles. The highest BCUT2D eigenvalue weighted by molar-refractivity contribution is 7.09. The van der Waals surface area contributed by atoms with E-state index >= 15 is 0 Å². The molecule has 1 aliphatic rings. The van der Waals surface area contributed by atoms with E-state index in [4.69, 9.17) is 9.84 Å². The first-order valence-electron chi connectivity index (χ1n) is 6.28. The molecule has 0 aliphatic carbocycles. The molecule has 0 radical (unpaired) electrons. The number of nitrogens with one attached hydrogen (secondary N) is 1. The Bertz CT molecular complexity index is 505. The number of aromatic nitrogens is 1. The Hall–Kier alpha value is -1.67. The molecule has 2 N–H and O–H groups in total. The zero-order valence-corrected chi connectivity index (χ0v) is 12.1. The Morgan fingerprint density at radius 3 is 2.95 bits per heavy atom. The summed E-state index contributed by atoms with van der Waals surface area (Å²) in [5.41, 5.74) is 0.00622. The monoisotopic (exact) mass is 299 g/mol. The lowest BCUT2D eigenvalue weighted by atomic mass is 10.3. The standard InChI is InChI=1S/C12H17N3O4S/c1-7(10-14-9(6-20-10)11(16)17)13-12(18)15-4-3-8(5-15)19-2/h6-8H,3-5H2,1-2H3,(H,13,18)(H,16,17). The van der Waals surface area contributed by atoms with Gasteiger partial charge in [-0.15, -0.1) is 11.3 Å². The van der Waals surface area contributed by atoms with Crippen molar-refractivity contribution in [1.29, 1.82) is 0 Å². The molecule has 1 aromatic rings. The highest BCUT2D eigenvalue weighted by Crippen LogP contribution is 2.19. The number of amides is 2. The fourth-order valence-electron chi connectivity index (χ4n) is 2.03. The van der Waals surface area contributed by atoms with Crippen LogP contribution in [0.5, 0.6) is 0 Å².